The summed E-state index contributed by atoms with van der Waals surface area (Å²) in [7, 11) is -2.10. The molecule has 0 saturated carbocycles. The maximum absolute atomic E-state index is 11.9. The van der Waals surface area contributed by atoms with Gasteiger partial charge >= 0.3 is 5.97 Å². The molecule has 0 bridgehead atoms. The zero-order valence-corrected chi connectivity index (χ0v) is 19.8. The number of esters is 1. The first-order valence-electron chi connectivity index (χ1n) is 9.63. The Morgan fingerprint density at radius 2 is 1.57 bits per heavy atom. The van der Waals surface area contributed by atoms with Gasteiger partial charge in [-0.25, -0.2) is 0 Å². The van der Waals surface area contributed by atoms with E-state index < -0.39 is 13.8 Å². The van der Waals surface area contributed by atoms with Crippen LogP contribution in [0.3, 0.4) is 0 Å². The first-order valence-corrected chi connectivity index (χ1v) is 13.4. The van der Waals surface area contributed by atoms with Crippen molar-refractivity contribution in [3.63, 3.8) is 0 Å². The van der Waals surface area contributed by atoms with Crippen LogP contribution in [0.25, 0.3) is 0 Å². The van der Waals surface area contributed by atoms with Crippen LogP contribution in [0.4, 0.5) is 0 Å². The van der Waals surface area contributed by atoms with E-state index in [1.807, 2.05) is 30.3 Å². The van der Waals surface area contributed by atoms with Gasteiger partial charge in [0.2, 0.25) is 0 Å². The summed E-state index contributed by atoms with van der Waals surface area (Å²) in [6, 6.07) is 18.3. The zero-order chi connectivity index (χ0) is 20.9. The summed E-state index contributed by atoms with van der Waals surface area (Å²) in [5.41, 5.74) is 1.76. The van der Waals surface area contributed by atoms with Crippen LogP contribution in [0.1, 0.15) is 44.9 Å². The van der Waals surface area contributed by atoms with E-state index in [1.54, 1.807) is 0 Å². The first-order chi connectivity index (χ1) is 13.0. The maximum Gasteiger partial charge on any atom is 0.303 e. The fourth-order valence-electron chi connectivity index (χ4n) is 2.48. The highest BCUT2D eigenvalue weighted by atomic mass is 32.2. The van der Waals surface area contributed by atoms with Gasteiger partial charge in [0.25, 0.3) is 0 Å². The molecule has 2 aromatic rings. The fraction of sp³-hybridized carbons (Fsp3) is 0.435. The van der Waals surface area contributed by atoms with Crippen LogP contribution in [-0.2, 0) is 14.0 Å². The average molecular weight is 417 g/mol. The van der Waals surface area contributed by atoms with E-state index in [1.165, 1.54) is 24.2 Å². The number of benzene rings is 2. The molecule has 0 N–H and O–H groups in total. The largest absolute Gasteiger partial charge is 0.448 e. The predicted octanol–water partition coefficient (Wildman–Crippen LogP) is 6.74. The fourth-order valence-corrected chi connectivity index (χ4v) is 4.91. The van der Waals surface area contributed by atoms with Crippen LogP contribution in [-0.4, -0.2) is 19.7 Å². The average Bonchev–Trinajstić information content (AvgIpc) is 2.60. The second kappa shape index (κ2) is 9.29. The van der Waals surface area contributed by atoms with Gasteiger partial charge in [0.1, 0.15) is 6.10 Å². The summed E-state index contributed by atoms with van der Waals surface area (Å²) in [6.07, 6.45) is -0.336. The van der Waals surface area contributed by atoms with Crippen LogP contribution in [0, 0.1) is 6.92 Å². The molecule has 0 unspecified atom stereocenters. The molecule has 2 atom stereocenters. The van der Waals surface area contributed by atoms with Crippen molar-refractivity contribution in [3.8, 4) is 0 Å². The van der Waals surface area contributed by atoms with Crippen molar-refractivity contribution in [1.82, 2.24) is 0 Å². The van der Waals surface area contributed by atoms with E-state index in [4.69, 9.17) is 9.16 Å². The molecule has 0 heterocycles. The molecule has 152 valence electrons. The van der Waals surface area contributed by atoms with E-state index in [2.05, 4.69) is 65.1 Å². The summed E-state index contributed by atoms with van der Waals surface area (Å²) in [6.45, 7) is 14.6. The van der Waals surface area contributed by atoms with Crippen molar-refractivity contribution in [1.29, 1.82) is 0 Å². The minimum absolute atomic E-state index is 0.0509. The third-order valence-corrected chi connectivity index (χ3v) is 10.7. The Balaban J connectivity index is 2.42. The normalized spacial score (nSPS) is 14.4. The topological polar surface area (TPSA) is 35.5 Å². The van der Waals surface area contributed by atoms with Crippen LogP contribution in [0.2, 0.25) is 18.1 Å². The molecule has 0 spiro atoms. The quantitative estimate of drug-likeness (QED) is 0.217. The molecule has 0 saturated heterocycles. The van der Waals surface area contributed by atoms with E-state index >= 15 is 0 Å². The van der Waals surface area contributed by atoms with Gasteiger partial charge in [0.15, 0.2) is 13.8 Å². The molecule has 2 aromatic carbocycles. The number of aryl methyl sites for hydroxylation is 1. The Labute approximate surface area is 175 Å². The Kier molecular flexibility index (Phi) is 7.54. The van der Waals surface area contributed by atoms with Gasteiger partial charge in [-0.2, -0.15) is 0 Å². The lowest BCUT2D eigenvalue weighted by Gasteiger charge is -2.41. The van der Waals surface area contributed by atoms with Gasteiger partial charge in [-0.1, -0.05) is 80.6 Å². The third kappa shape index (κ3) is 6.22. The Hall–Kier alpha value is -1.56. The smallest absolute Gasteiger partial charge is 0.303 e. The highest BCUT2D eigenvalue weighted by Crippen LogP contribution is 2.43. The number of hydrogen-bond donors (Lipinski definition) is 0. The molecular formula is C23H32O3SSi. The molecule has 3 nitrogen and oxygen atoms in total. The van der Waals surface area contributed by atoms with Crippen LogP contribution < -0.4 is 0 Å². The third-order valence-electron chi connectivity index (χ3n) is 5.16. The minimum atomic E-state index is -2.10. The number of carbonyl (C=O) groups excluding carboxylic acids is 1. The number of thioether (sulfide) groups is 1. The molecule has 0 aliphatic rings. The molecule has 0 aliphatic heterocycles. The lowest BCUT2D eigenvalue weighted by molar-refractivity contribution is -0.145. The summed E-state index contributed by atoms with van der Waals surface area (Å²) < 4.78 is 12.6. The highest BCUT2D eigenvalue weighted by Gasteiger charge is 2.42. The Morgan fingerprint density at radius 3 is 2.07 bits per heavy atom. The monoisotopic (exact) mass is 416 g/mol. The number of ether oxygens (including phenoxy) is 1. The van der Waals surface area contributed by atoms with E-state index in [9.17, 15) is 4.79 Å². The van der Waals surface area contributed by atoms with E-state index in [0.29, 0.717) is 0 Å². The molecule has 0 aromatic heterocycles. The van der Waals surface area contributed by atoms with Gasteiger partial charge in [-0.05, 0) is 42.8 Å². The Morgan fingerprint density at radius 1 is 1.00 bits per heavy atom. The van der Waals surface area contributed by atoms with Gasteiger partial charge < -0.3 is 9.16 Å². The van der Waals surface area contributed by atoms with Crippen LogP contribution in [0.5, 0.6) is 0 Å². The number of rotatable bonds is 7. The summed E-state index contributed by atoms with van der Waals surface area (Å²) in [4.78, 5) is 13.0. The molecule has 0 fully saturated rings. The molecular weight excluding hydrogens is 384 g/mol. The summed E-state index contributed by atoms with van der Waals surface area (Å²) >= 11 is 1.53. The van der Waals surface area contributed by atoms with Crippen molar-refractivity contribution in [2.75, 3.05) is 0 Å². The van der Waals surface area contributed by atoms with Gasteiger partial charge in [0.05, 0.1) is 0 Å². The van der Waals surface area contributed by atoms with E-state index in [-0.39, 0.29) is 17.1 Å². The number of carbonyl (C=O) groups is 1. The lowest BCUT2D eigenvalue weighted by Crippen LogP contribution is -2.44. The van der Waals surface area contributed by atoms with Crippen molar-refractivity contribution in [2.45, 2.75) is 69.2 Å². The number of hydrogen-bond acceptors (Lipinski definition) is 4. The highest BCUT2D eigenvalue weighted by molar-refractivity contribution is 7.99. The molecule has 28 heavy (non-hydrogen) atoms. The molecule has 0 aliphatic carbocycles. The van der Waals surface area contributed by atoms with Gasteiger partial charge in [-0.3, -0.25) is 4.79 Å². The first kappa shape index (κ1) is 22.7. The van der Waals surface area contributed by atoms with Crippen LogP contribution >= 0.6 is 11.8 Å². The minimum Gasteiger partial charge on any atom is -0.448 e. The second-order valence-corrected chi connectivity index (χ2v) is 14.5. The zero-order valence-electron chi connectivity index (χ0n) is 18.0. The summed E-state index contributed by atoms with van der Waals surface area (Å²) in [5, 5.41) is 0.0509. The standard InChI is InChI=1S/C23H32O3SSi/c1-17-13-15-20(16-14-17)27-22(25-18(2)24)21(19-11-9-8-10-12-19)26-28(6,7)23(3,4)5/h8-16,21-22H,1-7H3/t21-,22-/m1/s1. The van der Waals surface area contributed by atoms with Gasteiger partial charge in [-0.15, -0.1) is 0 Å². The van der Waals surface area contributed by atoms with Crippen LogP contribution in [0.15, 0.2) is 59.5 Å². The molecule has 0 amide bonds. The molecule has 5 heteroatoms. The SMILES string of the molecule is CC(=O)O[C@H](Sc1ccc(C)cc1)[C@H](O[Si](C)(C)C(C)(C)C)c1ccccc1. The predicted molar refractivity (Wildman–Crippen MR) is 120 cm³/mol. The van der Waals surface area contributed by atoms with Crippen molar-refractivity contribution < 1.29 is 14.0 Å². The van der Waals surface area contributed by atoms with Gasteiger partial charge in [0, 0.05) is 11.8 Å². The second-order valence-electron chi connectivity index (χ2n) is 8.62. The summed E-state index contributed by atoms with van der Waals surface area (Å²) in [5.74, 6) is -0.302. The Bertz CT molecular complexity index is 767. The van der Waals surface area contributed by atoms with E-state index in [0.717, 1.165) is 10.5 Å². The van der Waals surface area contributed by atoms with Crippen molar-refractivity contribution in [2.24, 2.45) is 0 Å². The van der Waals surface area contributed by atoms with Crippen molar-refractivity contribution in [3.05, 3.63) is 65.7 Å². The lowest BCUT2D eigenvalue weighted by atomic mass is 10.1. The molecule has 0 radical (unpaired) electrons. The van der Waals surface area contributed by atoms with Crippen molar-refractivity contribution >= 4 is 26.0 Å². The maximum atomic E-state index is 11.9. The molecule has 2 rings (SSSR count).